The van der Waals surface area contributed by atoms with Gasteiger partial charge in [0.25, 0.3) is 5.91 Å². The van der Waals surface area contributed by atoms with Gasteiger partial charge in [-0.1, -0.05) is 17.7 Å². The number of aryl methyl sites for hydroxylation is 1. The molecule has 2 atom stereocenters. The number of anilines is 1. The summed E-state index contributed by atoms with van der Waals surface area (Å²) in [5, 5.41) is 6.05. The van der Waals surface area contributed by atoms with Gasteiger partial charge in [0.05, 0.1) is 0 Å². The summed E-state index contributed by atoms with van der Waals surface area (Å²) < 4.78 is 13.1. The summed E-state index contributed by atoms with van der Waals surface area (Å²) in [5.41, 5.74) is 2.37. The lowest BCUT2D eigenvalue weighted by molar-refractivity contribution is 0.0577. The summed E-state index contributed by atoms with van der Waals surface area (Å²) in [4.78, 5) is 27.4. The van der Waals surface area contributed by atoms with Crippen LogP contribution in [-0.2, 0) is 0 Å². The summed E-state index contributed by atoms with van der Waals surface area (Å²) in [7, 11) is 0. The fourth-order valence-electron chi connectivity index (χ4n) is 4.53. The fourth-order valence-corrected chi connectivity index (χ4v) is 4.53. The van der Waals surface area contributed by atoms with Crippen LogP contribution < -0.4 is 10.6 Å². The Morgan fingerprint density at radius 1 is 0.966 bits per heavy atom. The Kier molecular flexibility index (Phi) is 5.51. The van der Waals surface area contributed by atoms with Gasteiger partial charge in [-0.2, -0.15) is 0 Å². The fraction of sp³-hybridized carbons (Fsp3) is 0.391. The smallest absolute Gasteiger partial charge is 0.322 e. The number of nitrogens with one attached hydrogen (secondary N) is 2. The zero-order valence-electron chi connectivity index (χ0n) is 16.5. The maximum atomic E-state index is 13.1. The Balaban J connectivity index is 1.40. The maximum Gasteiger partial charge on any atom is 0.322 e. The molecule has 5 nitrogen and oxygen atoms in total. The van der Waals surface area contributed by atoms with Crippen molar-refractivity contribution in [3.63, 3.8) is 0 Å². The van der Waals surface area contributed by atoms with Crippen LogP contribution in [0.15, 0.2) is 48.5 Å². The Bertz CT molecular complexity index is 868. The number of hydrogen-bond acceptors (Lipinski definition) is 2. The molecule has 2 aromatic rings. The van der Waals surface area contributed by atoms with Crippen LogP contribution in [0.5, 0.6) is 0 Å². The molecule has 3 amide bonds. The minimum Gasteiger partial charge on any atom is -0.349 e. The number of amides is 3. The van der Waals surface area contributed by atoms with Gasteiger partial charge in [-0.15, -0.1) is 0 Å². The predicted molar refractivity (Wildman–Crippen MR) is 110 cm³/mol. The Hall–Kier alpha value is -2.89. The van der Waals surface area contributed by atoms with Crippen LogP contribution in [0.3, 0.4) is 0 Å². The van der Waals surface area contributed by atoms with Crippen LogP contribution >= 0.6 is 0 Å². The highest BCUT2D eigenvalue weighted by Gasteiger charge is 2.41. The van der Waals surface area contributed by atoms with Crippen LogP contribution in [0.2, 0.25) is 0 Å². The third-order valence-corrected chi connectivity index (χ3v) is 5.95. The van der Waals surface area contributed by atoms with Crippen LogP contribution in [-0.4, -0.2) is 35.0 Å². The molecular weight excluding hydrogens is 369 g/mol. The standard InChI is InChI=1S/C23H26FN3O2/c1-15-5-7-16(8-6-15)22(28)25-19-13-20-3-2-4-21(14-19)27(20)23(29)26-18-11-9-17(24)10-12-18/h5-12,19-21H,2-4,13-14H2,1H3,(H,25,28)(H,26,29)/t20-,21-/m1/s1. The van der Waals surface area contributed by atoms with E-state index in [-0.39, 0.29) is 35.9 Å². The van der Waals surface area contributed by atoms with Crippen molar-refractivity contribution in [2.45, 2.75) is 57.2 Å². The predicted octanol–water partition coefficient (Wildman–Crippen LogP) is 4.48. The SMILES string of the molecule is Cc1ccc(C(=O)NC2C[C@H]3CCC[C@H](C2)N3C(=O)Nc2ccc(F)cc2)cc1. The molecule has 6 heteroatoms. The highest BCUT2D eigenvalue weighted by atomic mass is 19.1. The number of piperidine rings is 2. The van der Waals surface area contributed by atoms with Crippen molar-refractivity contribution in [2.24, 2.45) is 0 Å². The van der Waals surface area contributed by atoms with Gasteiger partial charge in [0.15, 0.2) is 0 Å². The van der Waals surface area contributed by atoms with Gasteiger partial charge in [0.2, 0.25) is 0 Å². The third-order valence-electron chi connectivity index (χ3n) is 5.95. The van der Waals surface area contributed by atoms with Gasteiger partial charge in [-0.3, -0.25) is 4.79 Å². The second-order valence-corrected chi connectivity index (χ2v) is 8.09. The van der Waals surface area contributed by atoms with Gasteiger partial charge in [0.1, 0.15) is 5.82 Å². The van der Waals surface area contributed by atoms with Crippen molar-refractivity contribution >= 4 is 17.6 Å². The van der Waals surface area contributed by atoms with E-state index in [1.807, 2.05) is 36.1 Å². The van der Waals surface area contributed by atoms with Crippen LogP contribution in [0.4, 0.5) is 14.9 Å². The average molecular weight is 395 g/mol. The summed E-state index contributed by atoms with van der Waals surface area (Å²) in [6, 6.07) is 13.5. The molecule has 2 saturated heterocycles. The van der Waals surface area contributed by atoms with E-state index in [2.05, 4.69) is 10.6 Å². The van der Waals surface area contributed by atoms with Gasteiger partial charge >= 0.3 is 6.03 Å². The number of urea groups is 1. The van der Waals surface area contributed by atoms with E-state index in [4.69, 9.17) is 0 Å². The molecule has 4 rings (SSSR count). The van der Waals surface area contributed by atoms with E-state index in [1.54, 1.807) is 12.1 Å². The first kappa shape index (κ1) is 19.4. The van der Waals surface area contributed by atoms with Gasteiger partial charge in [-0.25, -0.2) is 9.18 Å². The first-order valence-electron chi connectivity index (χ1n) is 10.2. The van der Waals surface area contributed by atoms with Crippen molar-refractivity contribution in [1.29, 1.82) is 0 Å². The molecule has 2 aliphatic heterocycles. The van der Waals surface area contributed by atoms with E-state index in [9.17, 15) is 14.0 Å². The molecule has 0 spiro atoms. The van der Waals surface area contributed by atoms with Crippen molar-refractivity contribution in [3.05, 3.63) is 65.5 Å². The largest absolute Gasteiger partial charge is 0.349 e. The van der Waals surface area contributed by atoms with Crippen LogP contribution in [0.1, 0.15) is 48.0 Å². The lowest BCUT2D eigenvalue weighted by Crippen LogP contribution is -2.59. The Labute approximate surface area is 170 Å². The summed E-state index contributed by atoms with van der Waals surface area (Å²) in [5.74, 6) is -0.387. The second-order valence-electron chi connectivity index (χ2n) is 8.09. The third kappa shape index (κ3) is 4.42. The normalized spacial score (nSPS) is 23.4. The molecule has 0 radical (unpaired) electrons. The second kappa shape index (κ2) is 8.23. The molecule has 2 aromatic carbocycles. The highest BCUT2D eigenvalue weighted by molar-refractivity contribution is 5.94. The zero-order chi connectivity index (χ0) is 20.4. The van der Waals surface area contributed by atoms with E-state index in [0.29, 0.717) is 11.3 Å². The number of halogens is 1. The molecule has 2 fully saturated rings. The molecule has 0 unspecified atom stereocenters. The summed E-state index contributed by atoms with van der Waals surface area (Å²) in [6.45, 7) is 2.00. The molecule has 29 heavy (non-hydrogen) atoms. The van der Waals surface area contributed by atoms with Crippen LogP contribution in [0.25, 0.3) is 0 Å². The quantitative estimate of drug-likeness (QED) is 0.805. The minimum absolute atomic E-state index is 0.0581. The Morgan fingerprint density at radius 2 is 1.59 bits per heavy atom. The van der Waals surface area contributed by atoms with E-state index < -0.39 is 0 Å². The number of carbonyl (C=O) groups is 2. The lowest BCUT2D eigenvalue weighted by Gasteiger charge is -2.48. The van der Waals surface area contributed by atoms with Crippen molar-refractivity contribution in [1.82, 2.24) is 10.2 Å². The van der Waals surface area contributed by atoms with Gasteiger partial charge < -0.3 is 15.5 Å². The van der Waals surface area contributed by atoms with E-state index in [0.717, 1.165) is 37.7 Å². The average Bonchev–Trinajstić information content (AvgIpc) is 2.69. The number of benzene rings is 2. The number of hydrogen-bond donors (Lipinski definition) is 2. The van der Waals surface area contributed by atoms with Crippen LogP contribution in [0, 0.1) is 12.7 Å². The molecule has 2 aliphatic rings. The molecule has 2 heterocycles. The maximum absolute atomic E-state index is 13.1. The Morgan fingerprint density at radius 3 is 2.21 bits per heavy atom. The van der Waals surface area contributed by atoms with Crippen molar-refractivity contribution < 1.29 is 14.0 Å². The molecule has 2 bridgehead atoms. The molecule has 0 aliphatic carbocycles. The van der Waals surface area contributed by atoms with E-state index >= 15 is 0 Å². The number of rotatable bonds is 3. The van der Waals surface area contributed by atoms with Gasteiger partial charge in [-0.05, 0) is 75.4 Å². The minimum atomic E-state index is -0.329. The zero-order valence-corrected chi connectivity index (χ0v) is 16.5. The first-order valence-corrected chi connectivity index (χ1v) is 10.2. The van der Waals surface area contributed by atoms with Crippen molar-refractivity contribution in [2.75, 3.05) is 5.32 Å². The first-order chi connectivity index (χ1) is 14.0. The topological polar surface area (TPSA) is 61.4 Å². The highest BCUT2D eigenvalue weighted by Crippen LogP contribution is 2.34. The summed E-state index contributed by atoms with van der Waals surface area (Å²) in [6.07, 6.45) is 4.47. The number of fused-ring (bicyclic) bond motifs is 2. The van der Waals surface area contributed by atoms with Gasteiger partial charge in [0, 0.05) is 29.4 Å². The summed E-state index contributed by atoms with van der Waals surface area (Å²) >= 11 is 0. The number of nitrogens with zero attached hydrogens (tertiary/aromatic N) is 1. The molecule has 0 aromatic heterocycles. The van der Waals surface area contributed by atoms with Crippen molar-refractivity contribution in [3.8, 4) is 0 Å². The molecule has 2 N–H and O–H groups in total. The monoisotopic (exact) mass is 395 g/mol. The molecular formula is C23H26FN3O2. The van der Waals surface area contributed by atoms with E-state index in [1.165, 1.54) is 12.1 Å². The molecule has 0 saturated carbocycles. The lowest BCUT2D eigenvalue weighted by atomic mass is 9.82. The molecule has 152 valence electrons. The number of carbonyl (C=O) groups excluding carboxylic acids is 2.